The molecule has 1 heterocycles. The Kier molecular flexibility index (Phi) is 7.38. The van der Waals surface area contributed by atoms with Gasteiger partial charge in [0.05, 0.1) is 12.7 Å². The molecule has 0 aliphatic rings. The van der Waals surface area contributed by atoms with Crippen LogP contribution in [0, 0.1) is 18.6 Å². The molecular weight excluding hydrogens is 454 g/mol. The van der Waals surface area contributed by atoms with E-state index in [1.165, 1.54) is 6.07 Å². The van der Waals surface area contributed by atoms with E-state index in [1.807, 2.05) is 31.2 Å². The van der Waals surface area contributed by atoms with Crippen LogP contribution in [-0.4, -0.2) is 28.0 Å². The Bertz CT molecular complexity index is 1160. The zero-order chi connectivity index (χ0) is 24.9. The minimum Gasteiger partial charge on any atom is -0.487 e. The highest BCUT2D eigenvalue weighted by Gasteiger charge is 2.58. The highest BCUT2D eigenvalue weighted by molar-refractivity contribution is 5.53. The Hall–Kier alpha value is -3.70. The number of hydrogen-bond acceptors (Lipinski definition) is 6. The lowest BCUT2D eigenvalue weighted by atomic mass is 9.84. The van der Waals surface area contributed by atoms with Crippen LogP contribution in [0.15, 0.2) is 65.9 Å². The summed E-state index contributed by atoms with van der Waals surface area (Å²) in [5.74, 6) is 4.17. The van der Waals surface area contributed by atoms with Gasteiger partial charge in [0.15, 0.2) is 5.60 Å². The Morgan fingerprint density at radius 3 is 2.53 bits per heavy atom. The first-order valence-electron chi connectivity index (χ1n) is 10.0. The molecule has 0 aliphatic carbocycles. The van der Waals surface area contributed by atoms with E-state index in [4.69, 9.17) is 16.4 Å². The van der Waals surface area contributed by atoms with E-state index in [0.29, 0.717) is 17.1 Å². The third kappa shape index (κ3) is 5.26. The molecule has 11 heteroatoms. The first-order valence-corrected chi connectivity index (χ1v) is 10.0. The van der Waals surface area contributed by atoms with Gasteiger partial charge in [-0.3, -0.25) is 9.99 Å². The van der Waals surface area contributed by atoms with E-state index in [2.05, 4.69) is 10.1 Å². The van der Waals surface area contributed by atoms with Crippen LogP contribution in [0.4, 0.5) is 17.6 Å². The number of aliphatic hydroxyl groups is 1. The second-order valence-electron chi connectivity index (χ2n) is 7.65. The van der Waals surface area contributed by atoms with Gasteiger partial charge in [0, 0.05) is 11.6 Å². The van der Waals surface area contributed by atoms with E-state index in [0.717, 1.165) is 35.8 Å². The van der Waals surface area contributed by atoms with E-state index in [9.17, 15) is 13.9 Å². The minimum atomic E-state index is -4.18. The van der Waals surface area contributed by atoms with Crippen LogP contribution in [0.5, 0.6) is 5.75 Å². The van der Waals surface area contributed by atoms with Gasteiger partial charge in [0.25, 0.3) is 0 Å². The lowest BCUT2D eigenvalue weighted by molar-refractivity contribution is -0.203. The molecule has 0 saturated carbocycles. The second kappa shape index (κ2) is 10.1. The number of nitrogens with zero attached hydrogens (tertiary/aromatic N) is 3. The van der Waals surface area contributed by atoms with Gasteiger partial charge in [0.2, 0.25) is 0 Å². The molecule has 1 atom stereocenters. The summed E-state index contributed by atoms with van der Waals surface area (Å²) in [6.07, 6.45) is 1.82. The van der Waals surface area contributed by atoms with Gasteiger partial charge in [-0.2, -0.15) is 13.9 Å². The molecule has 0 bridgehead atoms. The fourth-order valence-corrected chi connectivity index (χ4v) is 3.40. The molecule has 3 rings (SSSR count). The molecule has 0 amide bonds. The number of aromatic nitrogens is 1. The van der Waals surface area contributed by atoms with Gasteiger partial charge < -0.3 is 15.7 Å². The van der Waals surface area contributed by atoms with Crippen LogP contribution >= 0.6 is 0 Å². The average molecular weight is 477 g/mol. The van der Waals surface area contributed by atoms with Crippen molar-refractivity contribution in [2.24, 2.45) is 16.8 Å². The first kappa shape index (κ1) is 24.9. The van der Waals surface area contributed by atoms with E-state index < -0.39 is 41.0 Å². The number of hydrogen-bond donors (Lipinski definition) is 3. The predicted molar refractivity (Wildman–Crippen MR) is 117 cm³/mol. The van der Waals surface area contributed by atoms with E-state index in [-0.39, 0.29) is 12.4 Å². The van der Waals surface area contributed by atoms with Crippen molar-refractivity contribution < 1.29 is 27.4 Å². The van der Waals surface area contributed by atoms with Crippen LogP contribution in [-0.2, 0) is 18.1 Å². The molecule has 1 unspecified atom stereocenters. The summed E-state index contributed by atoms with van der Waals surface area (Å²) in [6.45, 7) is 1.07. The number of halogens is 4. The van der Waals surface area contributed by atoms with Crippen LogP contribution in [0.1, 0.15) is 22.4 Å². The zero-order valence-corrected chi connectivity index (χ0v) is 18.1. The third-order valence-corrected chi connectivity index (χ3v) is 5.07. The molecule has 0 aliphatic heterocycles. The lowest BCUT2D eigenvalue weighted by Gasteiger charge is -2.37. The van der Waals surface area contributed by atoms with Crippen molar-refractivity contribution in [1.29, 1.82) is 0 Å². The number of nitrogens with two attached hydrogens (primary N) is 2. The van der Waals surface area contributed by atoms with Gasteiger partial charge in [-0.1, -0.05) is 29.8 Å². The molecule has 5 N–H and O–H groups in total. The quantitative estimate of drug-likeness (QED) is 0.143. The smallest absolute Gasteiger partial charge is 0.323 e. The first-order chi connectivity index (χ1) is 16.1. The molecule has 7 nitrogen and oxygen atoms in total. The summed E-state index contributed by atoms with van der Waals surface area (Å²) in [5.41, 5.74) is -3.13. The van der Waals surface area contributed by atoms with E-state index >= 15 is 8.78 Å². The minimum absolute atomic E-state index is 0.185. The van der Waals surface area contributed by atoms with Crippen LogP contribution < -0.4 is 16.4 Å². The maximum atomic E-state index is 15.6. The summed E-state index contributed by atoms with van der Waals surface area (Å²) < 4.78 is 64.7. The van der Waals surface area contributed by atoms with Crippen LogP contribution in [0.25, 0.3) is 0 Å². The molecule has 2 aromatic carbocycles. The number of alkyl halides is 2. The molecule has 180 valence electrons. The van der Waals surface area contributed by atoms with Crippen LogP contribution in [0.2, 0.25) is 0 Å². The number of rotatable bonds is 9. The highest BCUT2D eigenvalue weighted by Crippen LogP contribution is 2.46. The van der Waals surface area contributed by atoms with E-state index in [1.54, 1.807) is 0 Å². The highest BCUT2D eigenvalue weighted by atomic mass is 19.3. The predicted octanol–water partition coefficient (Wildman–Crippen LogP) is 3.30. The van der Waals surface area contributed by atoms with Crippen molar-refractivity contribution in [3.63, 3.8) is 0 Å². The van der Waals surface area contributed by atoms with Crippen molar-refractivity contribution in [2.75, 3.05) is 6.54 Å². The molecule has 0 fully saturated rings. The zero-order valence-electron chi connectivity index (χ0n) is 18.1. The van der Waals surface area contributed by atoms with Crippen LogP contribution in [0.3, 0.4) is 0 Å². The summed E-state index contributed by atoms with van der Waals surface area (Å²) in [5, 5.41) is 14.7. The fourth-order valence-electron chi connectivity index (χ4n) is 3.40. The largest absolute Gasteiger partial charge is 0.487 e. The monoisotopic (exact) mass is 477 g/mol. The van der Waals surface area contributed by atoms with Gasteiger partial charge in [-0.15, -0.1) is 0 Å². The number of hydrazone groups is 1. The molecule has 34 heavy (non-hydrogen) atoms. The summed E-state index contributed by atoms with van der Waals surface area (Å²) in [6, 6.07) is 11.6. The Morgan fingerprint density at radius 2 is 1.91 bits per heavy atom. The third-order valence-electron chi connectivity index (χ3n) is 5.07. The van der Waals surface area contributed by atoms with Crippen molar-refractivity contribution in [2.45, 2.75) is 25.1 Å². The van der Waals surface area contributed by atoms with Gasteiger partial charge in [-0.25, -0.2) is 14.6 Å². The maximum Gasteiger partial charge on any atom is 0.323 e. The van der Waals surface area contributed by atoms with Gasteiger partial charge >= 0.3 is 5.92 Å². The molecule has 1 aromatic heterocycles. The van der Waals surface area contributed by atoms with Crippen molar-refractivity contribution in [3.05, 3.63) is 94.8 Å². The van der Waals surface area contributed by atoms with Gasteiger partial charge in [0.1, 0.15) is 36.0 Å². The fraction of sp³-hybridized carbons (Fsp3) is 0.217. The summed E-state index contributed by atoms with van der Waals surface area (Å²) in [4.78, 5) is 3.72. The SMILES string of the molecule is Cc1cccc(COc2ccc(C(F)(F)C(O)(CN(N)/C=N\N)c3ccc(F)cc3F)nc2)c1. The normalized spacial score (nSPS) is 13.6. The Morgan fingerprint density at radius 1 is 1.15 bits per heavy atom. The van der Waals surface area contributed by atoms with Crippen molar-refractivity contribution in [1.82, 2.24) is 9.99 Å². The maximum absolute atomic E-state index is 15.6. The summed E-state index contributed by atoms with van der Waals surface area (Å²) >= 11 is 0. The molecule has 0 saturated heterocycles. The number of pyridine rings is 1. The molecule has 0 spiro atoms. The second-order valence-corrected chi connectivity index (χ2v) is 7.65. The Labute approximate surface area is 193 Å². The van der Waals surface area contributed by atoms with Crippen molar-refractivity contribution in [3.8, 4) is 5.75 Å². The average Bonchev–Trinajstić information content (AvgIpc) is 2.78. The number of aryl methyl sites for hydroxylation is 1. The number of hydrazine groups is 1. The molecule has 3 aromatic rings. The number of ether oxygens (including phenoxy) is 1. The van der Waals surface area contributed by atoms with Gasteiger partial charge in [-0.05, 0) is 36.8 Å². The van der Waals surface area contributed by atoms with Crippen molar-refractivity contribution >= 4 is 6.34 Å². The Balaban J connectivity index is 1.92. The standard InChI is InChI=1S/C23H23F4N5O2/c1-15-3-2-4-16(9-15)12-34-18-6-8-21(30-11-18)23(26,27)22(33,13-32(29)14-31-28)19-7-5-17(24)10-20(19)25/h2-11,14,33H,12-13,28-29H2,1H3/b31-14-. The molecule has 0 radical (unpaired) electrons. The summed E-state index contributed by atoms with van der Waals surface area (Å²) in [7, 11) is 0. The number of benzene rings is 2. The topological polar surface area (TPSA) is 110 Å². The molecular formula is C23H23F4N5O2. The lowest BCUT2D eigenvalue weighted by Crippen LogP contribution is -2.53.